The van der Waals surface area contributed by atoms with Crippen LogP contribution in [-0.4, -0.2) is 6.61 Å². The maximum atomic E-state index is 5.94. The van der Waals surface area contributed by atoms with Crippen LogP contribution >= 0.6 is 11.6 Å². The average molecular weight is 198 g/mol. The van der Waals surface area contributed by atoms with E-state index >= 15 is 0 Å². The Morgan fingerprint density at radius 3 is 2.85 bits per heavy atom. The number of halogens is 1. The maximum Gasteiger partial charge on any atom is 0.120 e. The van der Waals surface area contributed by atoms with Gasteiger partial charge in [-0.2, -0.15) is 0 Å². The Bertz CT molecular complexity index is 323. The molecule has 0 aromatic heterocycles. The van der Waals surface area contributed by atoms with Gasteiger partial charge < -0.3 is 10.5 Å². The molecule has 0 radical (unpaired) electrons. The zero-order valence-electron chi connectivity index (χ0n) is 7.51. The van der Waals surface area contributed by atoms with E-state index in [4.69, 9.17) is 22.1 Å². The van der Waals surface area contributed by atoms with E-state index in [0.717, 1.165) is 5.56 Å². The standard InChI is InChI=1S/C10H12ClNO/c1-3-13-7(2)9-5-4-8(12)6-10(9)11/h4-6H,2-3,12H2,1H3. The molecule has 2 nitrogen and oxygen atoms in total. The van der Waals surface area contributed by atoms with Crippen LogP contribution in [0.5, 0.6) is 0 Å². The lowest BCUT2D eigenvalue weighted by Crippen LogP contribution is -1.92. The third-order valence-corrected chi connectivity index (χ3v) is 1.92. The predicted octanol–water partition coefficient (Wildman–Crippen LogP) is 2.93. The second-order valence-corrected chi connectivity index (χ2v) is 3.00. The number of anilines is 1. The van der Waals surface area contributed by atoms with E-state index in [1.807, 2.05) is 6.92 Å². The molecule has 3 heteroatoms. The fourth-order valence-corrected chi connectivity index (χ4v) is 1.30. The highest BCUT2D eigenvalue weighted by Gasteiger charge is 2.04. The van der Waals surface area contributed by atoms with E-state index in [1.54, 1.807) is 18.2 Å². The first-order valence-corrected chi connectivity index (χ1v) is 4.40. The van der Waals surface area contributed by atoms with Gasteiger partial charge in [-0.05, 0) is 25.1 Å². The molecule has 0 aliphatic carbocycles. The summed E-state index contributed by atoms with van der Waals surface area (Å²) in [5.41, 5.74) is 6.97. The van der Waals surface area contributed by atoms with Gasteiger partial charge in [-0.15, -0.1) is 0 Å². The zero-order chi connectivity index (χ0) is 9.84. The van der Waals surface area contributed by atoms with Gasteiger partial charge in [0.15, 0.2) is 0 Å². The number of rotatable bonds is 3. The van der Waals surface area contributed by atoms with Crippen molar-refractivity contribution in [2.24, 2.45) is 0 Å². The molecule has 1 aromatic rings. The lowest BCUT2D eigenvalue weighted by molar-refractivity contribution is 0.299. The molecule has 2 N–H and O–H groups in total. The van der Waals surface area contributed by atoms with Crippen LogP contribution in [0.25, 0.3) is 5.76 Å². The van der Waals surface area contributed by atoms with Crippen LogP contribution in [0.3, 0.4) is 0 Å². The average Bonchev–Trinajstić information content (AvgIpc) is 2.04. The maximum absolute atomic E-state index is 5.94. The summed E-state index contributed by atoms with van der Waals surface area (Å²) in [5.74, 6) is 0.576. The lowest BCUT2D eigenvalue weighted by atomic mass is 10.2. The molecule has 0 unspecified atom stereocenters. The smallest absolute Gasteiger partial charge is 0.120 e. The molecule has 0 bridgehead atoms. The molecule has 0 amide bonds. The van der Waals surface area contributed by atoms with Crippen molar-refractivity contribution in [1.29, 1.82) is 0 Å². The Labute approximate surface area is 83.0 Å². The third kappa shape index (κ3) is 2.39. The summed E-state index contributed by atoms with van der Waals surface area (Å²) in [6.07, 6.45) is 0. The molecular weight excluding hydrogens is 186 g/mol. The largest absolute Gasteiger partial charge is 0.494 e. The van der Waals surface area contributed by atoms with E-state index < -0.39 is 0 Å². The minimum atomic E-state index is 0.568. The van der Waals surface area contributed by atoms with Crippen molar-refractivity contribution in [1.82, 2.24) is 0 Å². The van der Waals surface area contributed by atoms with Gasteiger partial charge in [-0.3, -0.25) is 0 Å². The van der Waals surface area contributed by atoms with Gasteiger partial charge >= 0.3 is 0 Å². The van der Waals surface area contributed by atoms with Gasteiger partial charge in [0, 0.05) is 11.3 Å². The van der Waals surface area contributed by atoms with Crippen molar-refractivity contribution in [3.63, 3.8) is 0 Å². The molecule has 0 fully saturated rings. The van der Waals surface area contributed by atoms with Crippen LogP contribution in [0.15, 0.2) is 24.8 Å². The molecule has 0 aliphatic rings. The Morgan fingerprint density at radius 2 is 2.31 bits per heavy atom. The fraction of sp³-hybridized carbons (Fsp3) is 0.200. The minimum Gasteiger partial charge on any atom is -0.494 e. The van der Waals surface area contributed by atoms with Crippen molar-refractivity contribution in [2.45, 2.75) is 6.92 Å². The monoisotopic (exact) mass is 197 g/mol. The van der Waals surface area contributed by atoms with E-state index in [2.05, 4.69) is 6.58 Å². The minimum absolute atomic E-state index is 0.568. The van der Waals surface area contributed by atoms with Gasteiger partial charge in [0.05, 0.1) is 11.6 Å². The topological polar surface area (TPSA) is 35.2 Å². The Kier molecular flexibility index (Phi) is 3.20. The predicted molar refractivity (Wildman–Crippen MR) is 56.5 cm³/mol. The lowest BCUT2D eigenvalue weighted by Gasteiger charge is -2.08. The Morgan fingerprint density at radius 1 is 1.62 bits per heavy atom. The summed E-state index contributed by atoms with van der Waals surface area (Å²) in [6.45, 7) is 6.24. The number of benzene rings is 1. The molecule has 0 saturated heterocycles. The first-order chi connectivity index (χ1) is 6.15. The van der Waals surface area contributed by atoms with Crippen LogP contribution < -0.4 is 5.73 Å². The highest BCUT2D eigenvalue weighted by atomic mass is 35.5. The van der Waals surface area contributed by atoms with Crippen molar-refractivity contribution < 1.29 is 4.74 Å². The van der Waals surface area contributed by atoms with E-state index in [-0.39, 0.29) is 0 Å². The highest BCUT2D eigenvalue weighted by molar-refractivity contribution is 6.32. The SMILES string of the molecule is C=C(OCC)c1ccc(N)cc1Cl. The first kappa shape index (κ1) is 9.93. The van der Waals surface area contributed by atoms with Gasteiger partial charge in [-0.25, -0.2) is 0 Å². The van der Waals surface area contributed by atoms with Crippen molar-refractivity contribution in [3.05, 3.63) is 35.4 Å². The van der Waals surface area contributed by atoms with Gasteiger partial charge in [0.2, 0.25) is 0 Å². The molecule has 0 atom stereocenters. The zero-order valence-corrected chi connectivity index (χ0v) is 8.27. The van der Waals surface area contributed by atoms with E-state index in [1.165, 1.54) is 0 Å². The second-order valence-electron chi connectivity index (χ2n) is 2.60. The molecule has 13 heavy (non-hydrogen) atoms. The van der Waals surface area contributed by atoms with E-state index in [0.29, 0.717) is 23.1 Å². The first-order valence-electron chi connectivity index (χ1n) is 4.02. The fourth-order valence-electron chi connectivity index (χ4n) is 1.01. The highest BCUT2D eigenvalue weighted by Crippen LogP contribution is 2.25. The van der Waals surface area contributed by atoms with Gasteiger partial charge in [0.1, 0.15) is 5.76 Å². The number of nitrogen functional groups attached to an aromatic ring is 1. The third-order valence-electron chi connectivity index (χ3n) is 1.61. The summed E-state index contributed by atoms with van der Waals surface area (Å²) in [7, 11) is 0. The van der Waals surface area contributed by atoms with Crippen molar-refractivity contribution in [3.8, 4) is 0 Å². The second kappa shape index (κ2) is 4.19. The normalized spacial score (nSPS) is 9.69. The summed E-state index contributed by atoms with van der Waals surface area (Å²) in [4.78, 5) is 0. The quantitative estimate of drug-likeness (QED) is 0.598. The van der Waals surface area contributed by atoms with Crippen molar-refractivity contribution >= 4 is 23.0 Å². The Balaban J connectivity index is 2.95. The van der Waals surface area contributed by atoms with Crippen LogP contribution in [0.1, 0.15) is 12.5 Å². The van der Waals surface area contributed by atoms with Gasteiger partial charge in [-0.1, -0.05) is 18.2 Å². The number of hydrogen-bond donors (Lipinski definition) is 1. The molecule has 1 rings (SSSR count). The summed E-state index contributed by atoms with van der Waals surface area (Å²) in [6, 6.07) is 5.25. The molecule has 0 saturated carbocycles. The molecule has 0 spiro atoms. The van der Waals surface area contributed by atoms with Crippen molar-refractivity contribution in [2.75, 3.05) is 12.3 Å². The Hall–Kier alpha value is -1.15. The summed E-state index contributed by atoms with van der Waals surface area (Å²) in [5, 5.41) is 0.568. The van der Waals surface area contributed by atoms with Gasteiger partial charge in [0.25, 0.3) is 0 Å². The molecule has 0 aliphatic heterocycles. The number of hydrogen-bond acceptors (Lipinski definition) is 2. The van der Waals surface area contributed by atoms with Crippen LogP contribution in [-0.2, 0) is 4.74 Å². The summed E-state index contributed by atoms with van der Waals surface area (Å²) >= 11 is 5.94. The molecule has 1 aromatic carbocycles. The summed E-state index contributed by atoms with van der Waals surface area (Å²) < 4.78 is 5.23. The number of ether oxygens (including phenoxy) is 1. The van der Waals surface area contributed by atoms with E-state index in [9.17, 15) is 0 Å². The number of nitrogens with two attached hydrogens (primary N) is 1. The van der Waals surface area contributed by atoms with Crippen LogP contribution in [0, 0.1) is 0 Å². The van der Waals surface area contributed by atoms with Crippen LogP contribution in [0.4, 0.5) is 5.69 Å². The van der Waals surface area contributed by atoms with Crippen LogP contribution in [0.2, 0.25) is 5.02 Å². The molecular formula is C10H12ClNO. The molecule has 0 heterocycles. The molecule has 70 valence electrons.